The Bertz CT molecular complexity index is 391. The van der Waals surface area contributed by atoms with E-state index in [9.17, 15) is 0 Å². The summed E-state index contributed by atoms with van der Waals surface area (Å²) in [6.07, 6.45) is 2.35. The van der Waals surface area contributed by atoms with Gasteiger partial charge in [-0.15, -0.1) is 0 Å². The third-order valence-corrected chi connectivity index (χ3v) is 3.83. The fourth-order valence-electron chi connectivity index (χ4n) is 1.73. The molecule has 0 aromatic heterocycles. The van der Waals surface area contributed by atoms with Gasteiger partial charge in [-0.3, -0.25) is 0 Å². The average molecular weight is 281 g/mol. The van der Waals surface area contributed by atoms with Gasteiger partial charge < -0.3 is 10.1 Å². The Morgan fingerprint density at radius 1 is 1.12 bits per heavy atom. The van der Waals surface area contributed by atoms with Crippen LogP contribution in [0.2, 0.25) is 15.1 Å². The minimum Gasteiger partial charge on any atom is -0.381 e. The van der Waals surface area contributed by atoms with E-state index in [2.05, 4.69) is 5.32 Å². The Balaban J connectivity index is 2.02. The van der Waals surface area contributed by atoms with Gasteiger partial charge in [0.1, 0.15) is 0 Å². The SMILES string of the molecule is COC1CC(Nc2cc(Cl)c(Cl)cc2Cl)C1. The van der Waals surface area contributed by atoms with Crippen LogP contribution in [-0.4, -0.2) is 19.3 Å². The van der Waals surface area contributed by atoms with E-state index in [1.165, 1.54) is 0 Å². The van der Waals surface area contributed by atoms with Gasteiger partial charge in [0.05, 0.1) is 26.9 Å². The van der Waals surface area contributed by atoms with Crippen LogP contribution in [0.1, 0.15) is 12.8 Å². The Morgan fingerprint density at radius 3 is 2.38 bits per heavy atom. The summed E-state index contributed by atoms with van der Waals surface area (Å²) in [5.74, 6) is 0. The lowest BCUT2D eigenvalue weighted by atomic mass is 9.89. The Kier molecular flexibility index (Phi) is 3.85. The maximum Gasteiger partial charge on any atom is 0.0653 e. The van der Waals surface area contributed by atoms with E-state index in [1.807, 2.05) is 0 Å². The number of benzene rings is 1. The third-order valence-electron chi connectivity index (χ3n) is 2.80. The van der Waals surface area contributed by atoms with Crippen molar-refractivity contribution < 1.29 is 4.74 Å². The largest absolute Gasteiger partial charge is 0.381 e. The third kappa shape index (κ3) is 2.57. The molecule has 1 aromatic carbocycles. The zero-order valence-corrected chi connectivity index (χ0v) is 11.0. The first kappa shape index (κ1) is 12.3. The van der Waals surface area contributed by atoms with Crippen molar-refractivity contribution in [3.63, 3.8) is 0 Å². The number of methoxy groups -OCH3 is 1. The fraction of sp³-hybridized carbons (Fsp3) is 0.455. The molecule has 0 bridgehead atoms. The highest BCUT2D eigenvalue weighted by Crippen LogP contribution is 2.35. The maximum atomic E-state index is 6.06. The van der Waals surface area contributed by atoms with Gasteiger partial charge in [0.15, 0.2) is 0 Å². The molecule has 0 saturated heterocycles. The van der Waals surface area contributed by atoms with E-state index >= 15 is 0 Å². The maximum absolute atomic E-state index is 6.06. The molecule has 1 aliphatic rings. The summed E-state index contributed by atoms with van der Waals surface area (Å²) < 4.78 is 5.21. The van der Waals surface area contributed by atoms with Gasteiger partial charge in [0.25, 0.3) is 0 Å². The van der Waals surface area contributed by atoms with E-state index < -0.39 is 0 Å². The standard InChI is InChI=1S/C11H12Cl3NO/c1-16-7-2-6(3-7)15-11-5-9(13)8(12)4-10(11)14/h4-7,15H,2-3H2,1H3. The van der Waals surface area contributed by atoms with Crippen LogP contribution in [0.4, 0.5) is 5.69 Å². The first-order valence-corrected chi connectivity index (χ1v) is 6.17. The Morgan fingerprint density at radius 2 is 1.75 bits per heavy atom. The van der Waals surface area contributed by atoms with Crippen LogP contribution < -0.4 is 5.32 Å². The van der Waals surface area contributed by atoms with Crippen molar-refractivity contribution in [3.05, 3.63) is 27.2 Å². The molecular weight excluding hydrogens is 268 g/mol. The molecule has 2 rings (SSSR count). The van der Waals surface area contributed by atoms with E-state index in [0.717, 1.165) is 18.5 Å². The lowest BCUT2D eigenvalue weighted by Crippen LogP contribution is -2.40. The van der Waals surface area contributed by atoms with Crippen molar-refractivity contribution in [1.29, 1.82) is 0 Å². The zero-order chi connectivity index (χ0) is 11.7. The molecule has 16 heavy (non-hydrogen) atoms. The fourth-order valence-corrected chi connectivity index (χ4v) is 2.33. The van der Waals surface area contributed by atoms with Gasteiger partial charge in [-0.2, -0.15) is 0 Å². The predicted octanol–water partition coefficient (Wildman–Crippen LogP) is 4.24. The predicted molar refractivity (Wildman–Crippen MR) is 68.9 cm³/mol. The first-order chi connectivity index (χ1) is 7.60. The van der Waals surface area contributed by atoms with Crippen LogP contribution in [0.25, 0.3) is 0 Å². The molecule has 0 unspecified atom stereocenters. The highest BCUT2D eigenvalue weighted by Gasteiger charge is 2.29. The van der Waals surface area contributed by atoms with Crippen molar-refractivity contribution in [3.8, 4) is 0 Å². The van der Waals surface area contributed by atoms with Crippen LogP contribution in [0.15, 0.2) is 12.1 Å². The van der Waals surface area contributed by atoms with Crippen molar-refractivity contribution in [2.24, 2.45) is 0 Å². The monoisotopic (exact) mass is 279 g/mol. The van der Waals surface area contributed by atoms with Gasteiger partial charge in [0.2, 0.25) is 0 Å². The van der Waals surface area contributed by atoms with E-state index in [0.29, 0.717) is 27.2 Å². The summed E-state index contributed by atoms with van der Waals surface area (Å²) in [7, 11) is 1.73. The molecule has 5 heteroatoms. The van der Waals surface area contributed by atoms with Gasteiger partial charge in [-0.25, -0.2) is 0 Å². The molecular formula is C11H12Cl3NO. The minimum absolute atomic E-state index is 0.360. The minimum atomic E-state index is 0.360. The van der Waals surface area contributed by atoms with E-state index in [-0.39, 0.29) is 0 Å². The topological polar surface area (TPSA) is 21.3 Å². The summed E-state index contributed by atoms with van der Waals surface area (Å²) in [5.41, 5.74) is 0.829. The van der Waals surface area contributed by atoms with Crippen molar-refractivity contribution in [1.82, 2.24) is 0 Å². The second-order valence-electron chi connectivity index (χ2n) is 3.92. The second-order valence-corrected chi connectivity index (χ2v) is 5.14. The molecule has 0 spiro atoms. The van der Waals surface area contributed by atoms with Crippen molar-refractivity contribution in [2.45, 2.75) is 25.0 Å². The summed E-state index contributed by atoms with van der Waals surface area (Å²) >= 11 is 17.8. The van der Waals surface area contributed by atoms with Gasteiger partial charge in [-0.05, 0) is 25.0 Å². The molecule has 0 heterocycles. The molecule has 1 aliphatic carbocycles. The number of rotatable bonds is 3. The van der Waals surface area contributed by atoms with Crippen LogP contribution in [0.5, 0.6) is 0 Å². The van der Waals surface area contributed by atoms with E-state index in [4.69, 9.17) is 39.5 Å². The lowest BCUT2D eigenvalue weighted by Gasteiger charge is -2.35. The molecule has 0 amide bonds. The summed E-state index contributed by atoms with van der Waals surface area (Å²) in [6, 6.07) is 3.81. The second kappa shape index (κ2) is 5.01. The summed E-state index contributed by atoms with van der Waals surface area (Å²) in [4.78, 5) is 0. The van der Waals surface area contributed by atoms with Crippen LogP contribution in [0, 0.1) is 0 Å². The van der Waals surface area contributed by atoms with Gasteiger partial charge >= 0.3 is 0 Å². The van der Waals surface area contributed by atoms with Crippen LogP contribution >= 0.6 is 34.8 Å². The van der Waals surface area contributed by atoms with Crippen LogP contribution in [0.3, 0.4) is 0 Å². The molecule has 88 valence electrons. The number of hydrogen-bond donors (Lipinski definition) is 1. The highest BCUT2D eigenvalue weighted by atomic mass is 35.5. The molecule has 0 atom stereocenters. The molecule has 1 aromatic rings. The zero-order valence-electron chi connectivity index (χ0n) is 8.77. The summed E-state index contributed by atoms with van der Waals surface area (Å²) in [5, 5.41) is 4.90. The number of nitrogens with one attached hydrogen (secondary N) is 1. The molecule has 1 saturated carbocycles. The lowest BCUT2D eigenvalue weighted by molar-refractivity contribution is 0.0329. The number of ether oxygens (including phenoxy) is 1. The van der Waals surface area contributed by atoms with Gasteiger partial charge in [-0.1, -0.05) is 34.8 Å². The molecule has 0 radical (unpaired) electrons. The highest BCUT2D eigenvalue weighted by molar-refractivity contribution is 6.44. The number of hydrogen-bond acceptors (Lipinski definition) is 2. The first-order valence-electron chi connectivity index (χ1n) is 5.04. The molecule has 0 aliphatic heterocycles. The number of anilines is 1. The molecule has 1 fully saturated rings. The average Bonchev–Trinajstić information content (AvgIpc) is 2.18. The van der Waals surface area contributed by atoms with E-state index in [1.54, 1.807) is 19.2 Å². The smallest absolute Gasteiger partial charge is 0.0653 e. The Hall–Kier alpha value is -0.150. The van der Waals surface area contributed by atoms with Gasteiger partial charge in [0, 0.05) is 13.2 Å². The summed E-state index contributed by atoms with van der Waals surface area (Å²) in [6.45, 7) is 0. The molecule has 1 N–H and O–H groups in total. The number of halogens is 3. The normalized spacial score (nSPS) is 24.0. The van der Waals surface area contributed by atoms with Crippen molar-refractivity contribution in [2.75, 3.05) is 12.4 Å². The van der Waals surface area contributed by atoms with Crippen molar-refractivity contribution >= 4 is 40.5 Å². The quantitative estimate of drug-likeness (QED) is 0.836. The Labute approximate surface area is 110 Å². The van der Waals surface area contributed by atoms with Crippen LogP contribution in [-0.2, 0) is 4.74 Å². The molecule has 2 nitrogen and oxygen atoms in total.